The van der Waals surface area contributed by atoms with Gasteiger partial charge in [0.2, 0.25) is 0 Å². The molecule has 0 amide bonds. The molecule has 0 aromatic carbocycles. The molecule has 0 bridgehead atoms. The molecule has 0 saturated heterocycles. The van der Waals surface area contributed by atoms with Crippen LogP contribution in [0.4, 0.5) is 0 Å². The van der Waals surface area contributed by atoms with Gasteiger partial charge in [-0.05, 0) is 16.9 Å². The first-order valence-corrected chi connectivity index (χ1v) is 6.28. The van der Waals surface area contributed by atoms with Crippen molar-refractivity contribution in [3.63, 3.8) is 0 Å². The molecule has 0 spiro atoms. The number of methoxy groups -OCH3 is 1. The SMILES string of the molecule is COC(=O)CC/C=C/[C@@H](O)C/C=C/C=C/I. The lowest BCUT2D eigenvalue weighted by Gasteiger charge is -2.00. The predicted octanol–water partition coefficient (Wildman–Crippen LogP) is 2.75. The summed E-state index contributed by atoms with van der Waals surface area (Å²) >= 11 is 2.13. The van der Waals surface area contributed by atoms with E-state index in [1.807, 2.05) is 22.3 Å². The summed E-state index contributed by atoms with van der Waals surface area (Å²) in [6.45, 7) is 0. The molecular weight excluding hydrogens is 319 g/mol. The number of rotatable bonds is 7. The summed E-state index contributed by atoms with van der Waals surface area (Å²) < 4.78 is 6.39. The van der Waals surface area contributed by atoms with E-state index in [0.29, 0.717) is 19.3 Å². The summed E-state index contributed by atoms with van der Waals surface area (Å²) in [6, 6.07) is 0. The van der Waals surface area contributed by atoms with E-state index in [9.17, 15) is 9.90 Å². The van der Waals surface area contributed by atoms with Gasteiger partial charge in [-0.2, -0.15) is 0 Å². The van der Waals surface area contributed by atoms with Crippen molar-refractivity contribution >= 4 is 28.6 Å². The number of carbonyl (C=O) groups is 1. The van der Waals surface area contributed by atoms with Crippen molar-refractivity contribution < 1.29 is 14.6 Å². The van der Waals surface area contributed by atoms with E-state index in [2.05, 4.69) is 27.3 Å². The highest BCUT2D eigenvalue weighted by molar-refractivity contribution is 14.1. The van der Waals surface area contributed by atoms with E-state index >= 15 is 0 Å². The lowest BCUT2D eigenvalue weighted by molar-refractivity contribution is -0.140. The second-order valence-corrected chi connectivity index (χ2v) is 3.81. The summed E-state index contributed by atoms with van der Waals surface area (Å²) in [5.41, 5.74) is 0. The van der Waals surface area contributed by atoms with Crippen molar-refractivity contribution in [2.75, 3.05) is 7.11 Å². The minimum absolute atomic E-state index is 0.230. The van der Waals surface area contributed by atoms with Crippen LogP contribution >= 0.6 is 22.6 Å². The van der Waals surface area contributed by atoms with Gasteiger partial charge in [0.1, 0.15) is 0 Å². The number of allylic oxidation sites excluding steroid dienone is 3. The highest BCUT2D eigenvalue weighted by atomic mass is 127. The van der Waals surface area contributed by atoms with Gasteiger partial charge in [0, 0.05) is 6.42 Å². The van der Waals surface area contributed by atoms with E-state index in [4.69, 9.17) is 0 Å². The van der Waals surface area contributed by atoms with E-state index in [1.54, 1.807) is 12.2 Å². The normalized spacial score (nSPS) is 13.9. The summed E-state index contributed by atoms with van der Waals surface area (Å²) in [6.07, 6.45) is 10.2. The van der Waals surface area contributed by atoms with Crippen LogP contribution in [-0.4, -0.2) is 24.3 Å². The second kappa shape index (κ2) is 10.9. The molecule has 0 rings (SSSR count). The summed E-state index contributed by atoms with van der Waals surface area (Å²) in [5.74, 6) is -0.230. The molecule has 0 aliphatic heterocycles. The van der Waals surface area contributed by atoms with Gasteiger partial charge in [0.25, 0.3) is 0 Å². The zero-order valence-electron chi connectivity index (χ0n) is 9.30. The first-order valence-electron chi connectivity index (χ1n) is 5.04. The van der Waals surface area contributed by atoms with Crippen molar-refractivity contribution in [3.05, 3.63) is 34.5 Å². The molecule has 0 saturated carbocycles. The van der Waals surface area contributed by atoms with Crippen molar-refractivity contribution in [3.8, 4) is 0 Å². The Bertz CT molecular complexity index is 269. The quantitative estimate of drug-likeness (QED) is 0.337. The van der Waals surface area contributed by atoms with Crippen molar-refractivity contribution in [1.82, 2.24) is 0 Å². The number of aliphatic hydroxyl groups excluding tert-OH is 1. The number of aliphatic hydroxyl groups is 1. The zero-order chi connectivity index (χ0) is 12.2. The van der Waals surface area contributed by atoms with Crippen LogP contribution in [0.3, 0.4) is 0 Å². The molecule has 4 heteroatoms. The Morgan fingerprint density at radius 1 is 1.44 bits per heavy atom. The van der Waals surface area contributed by atoms with Gasteiger partial charge in [-0.1, -0.05) is 53.0 Å². The van der Waals surface area contributed by atoms with Gasteiger partial charge in [-0.15, -0.1) is 0 Å². The Morgan fingerprint density at radius 2 is 2.19 bits per heavy atom. The molecule has 3 nitrogen and oxygen atoms in total. The molecule has 1 atom stereocenters. The molecule has 16 heavy (non-hydrogen) atoms. The Labute approximate surface area is 110 Å². The van der Waals surface area contributed by atoms with Gasteiger partial charge in [-0.25, -0.2) is 0 Å². The third kappa shape index (κ3) is 9.92. The second-order valence-electron chi connectivity index (χ2n) is 3.09. The molecule has 0 aromatic rings. The number of halogens is 1. The van der Waals surface area contributed by atoms with Crippen LogP contribution < -0.4 is 0 Å². The largest absolute Gasteiger partial charge is 0.469 e. The highest BCUT2D eigenvalue weighted by Crippen LogP contribution is 1.99. The topological polar surface area (TPSA) is 46.5 Å². The summed E-state index contributed by atoms with van der Waals surface area (Å²) in [4.78, 5) is 10.8. The number of hydrogen-bond acceptors (Lipinski definition) is 3. The van der Waals surface area contributed by atoms with Crippen molar-refractivity contribution in [1.29, 1.82) is 0 Å². The van der Waals surface area contributed by atoms with E-state index in [1.165, 1.54) is 7.11 Å². The third-order valence-electron chi connectivity index (χ3n) is 1.80. The Kier molecular flexibility index (Phi) is 10.5. The van der Waals surface area contributed by atoms with Gasteiger partial charge in [0.05, 0.1) is 13.2 Å². The Hall–Kier alpha value is -0.620. The van der Waals surface area contributed by atoms with E-state index in [-0.39, 0.29) is 5.97 Å². The molecule has 0 radical (unpaired) electrons. The maximum absolute atomic E-state index is 10.8. The van der Waals surface area contributed by atoms with E-state index in [0.717, 1.165) is 0 Å². The van der Waals surface area contributed by atoms with Gasteiger partial charge in [-0.3, -0.25) is 4.79 Å². The molecule has 1 N–H and O–H groups in total. The molecule has 90 valence electrons. The molecule has 0 aromatic heterocycles. The third-order valence-corrected chi connectivity index (χ3v) is 2.21. The monoisotopic (exact) mass is 336 g/mol. The first-order chi connectivity index (χ1) is 7.70. The van der Waals surface area contributed by atoms with Crippen molar-refractivity contribution in [2.24, 2.45) is 0 Å². The van der Waals surface area contributed by atoms with Gasteiger partial charge < -0.3 is 9.84 Å². The van der Waals surface area contributed by atoms with Gasteiger partial charge >= 0.3 is 5.97 Å². The first kappa shape index (κ1) is 15.4. The van der Waals surface area contributed by atoms with Crippen molar-refractivity contribution in [2.45, 2.75) is 25.4 Å². The standard InChI is InChI=1S/C12H17IO3/c1-16-12(15)9-5-4-8-11(14)7-3-2-6-10-13/h2-4,6,8,10-11,14H,5,7,9H2,1H3/b3-2+,8-4+,10-6+/t11-/m0/s1. The molecule has 0 fully saturated rings. The molecular formula is C12H17IO3. The summed E-state index contributed by atoms with van der Waals surface area (Å²) in [7, 11) is 1.37. The van der Waals surface area contributed by atoms with Crippen LogP contribution in [0.15, 0.2) is 34.5 Å². The van der Waals surface area contributed by atoms with Crippen LogP contribution in [-0.2, 0) is 9.53 Å². The average Bonchev–Trinajstić information content (AvgIpc) is 2.30. The maximum atomic E-state index is 10.8. The minimum atomic E-state index is -0.489. The van der Waals surface area contributed by atoms with Crippen LogP contribution in [0.25, 0.3) is 0 Å². The molecule has 0 heterocycles. The zero-order valence-corrected chi connectivity index (χ0v) is 11.5. The van der Waals surface area contributed by atoms with Gasteiger partial charge in [0.15, 0.2) is 0 Å². The fraction of sp³-hybridized carbons (Fsp3) is 0.417. The fourth-order valence-corrected chi connectivity index (χ4v) is 1.21. The number of carbonyl (C=O) groups excluding carboxylic acids is 1. The van der Waals surface area contributed by atoms with E-state index < -0.39 is 6.10 Å². The smallest absolute Gasteiger partial charge is 0.305 e. The average molecular weight is 336 g/mol. The lowest BCUT2D eigenvalue weighted by Crippen LogP contribution is -2.00. The summed E-state index contributed by atoms with van der Waals surface area (Å²) in [5, 5.41) is 9.49. The molecule has 0 aliphatic carbocycles. The predicted molar refractivity (Wildman–Crippen MR) is 73.3 cm³/mol. The Morgan fingerprint density at radius 3 is 2.81 bits per heavy atom. The number of hydrogen-bond donors (Lipinski definition) is 1. The Balaban J connectivity index is 3.65. The van der Waals surface area contributed by atoms with Crippen LogP contribution in [0, 0.1) is 0 Å². The number of esters is 1. The molecule has 0 aliphatic rings. The van der Waals surface area contributed by atoms with Crippen LogP contribution in [0.2, 0.25) is 0 Å². The fourth-order valence-electron chi connectivity index (χ4n) is 0.974. The highest BCUT2D eigenvalue weighted by Gasteiger charge is 1.97. The van der Waals surface area contributed by atoms with Crippen LogP contribution in [0.1, 0.15) is 19.3 Å². The number of ether oxygens (including phenoxy) is 1. The lowest BCUT2D eigenvalue weighted by atomic mass is 10.2. The minimum Gasteiger partial charge on any atom is -0.469 e. The molecule has 0 unspecified atom stereocenters. The van der Waals surface area contributed by atoms with Crippen LogP contribution in [0.5, 0.6) is 0 Å². The maximum Gasteiger partial charge on any atom is 0.305 e.